The van der Waals surface area contributed by atoms with Crippen molar-refractivity contribution in [3.63, 3.8) is 0 Å². The Morgan fingerprint density at radius 1 is 1.43 bits per heavy atom. The number of aromatic amines is 1. The minimum Gasteiger partial charge on any atom is -0.352 e. The SMILES string of the molecule is CC[C@@H](Cn1ccnc1)NC(=O)CCc1c(C)nc(=O)[nH]c1C. The molecule has 7 heteroatoms. The fourth-order valence-electron chi connectivity index (χ4n) is 2.59. The third-order valence-electron chi connectivity index (χ3n) is 3.90. The molecule has 0 unspecified atom stereocenters. The van der Waals surface area contributed by atoms with E-state index < -0.39 is 0 Å². The number of rotatable bonds is 7. The van der Waals surface area contributed by atoms with E-state index in [1.165, 1.54) is 0 Å². The Labute approximate surface area is 135 Å². The summed E-state index contributed by atoms with van der Waals surface area (Å²) in [6.07, 6.45) is 7.14. The molecule has 0 aliphatic rings. The van der Waals surface area contributed by atoms with Crippen LogP contribution in [0.4, 0.5) is 0 Å². The van der Waals surface area contributed by atoms with Crippen LogP contribution in [0.1, 0.15) is 36.7 Å². The van der Waals surface area contributed by atoms with Crippen molar-refractivity contribution in [3.8, 4) is 0 Å². The highest BCUT2D eigenvalue weighted by atomic mass is 16.1. The van der Waals surface area contributed by atoms with Gasteiger partial charge in [0.2, 0.25) is 5.91 Å². The number of carbonyl (C=O) groups excluding carboxylic acids is 1. The average molecular weight is 317 g/mol. The van der Waals surface area contributed by atoms with Crippen LogP contribution in [0.5, 0.6) is 0 Å². The van der Waals surface area contributed by atoms with E-state index in [9.17, 15) is 9.59 Å². The number of imidazole rings is 1. The third kappa shape index (κ3) is 4.77. The van der Waals surface area contributed by atoms with Crippen molar-refractivity contribution in [1.82, 2.24) is 24.8 Å². The van der Waals surface area contributed by atoms with Gasteiger partial charge in [0.05, 0.1) is 6.33 Å². The zero-order chi connectivity index (χ0) is 16.8. The maximum absolute atomic E-state index is 12.2. The molecule has 0 aliphatic heterocycles. The molecule has 2 rings (SSSR count). The van der Waals surface area contributed by atoms with Crippen LogP contribution in [0.15, 0.2) is 23.5 Å². The molecule has 0 saturated heterocycles. The first kappa shape index (κ1) is 16.9. The monoisotopic (exact) mass is 317 g/mol. The van der Waals surface area contributed by atoms with Crippen molar-refractivity contribution >= 4 is 5.91 Å². The summed E-state index contributed by atoms with van der Waals surface area (Å²) in [4.78, 5) is 34.0. The van der Waals surface area contributed by atoms with Crippen molar-refractivity contribution < 1.29 is 4.79 Å². The summed E-state index contributed by atoms with van der Waals surface area (Å²) < 4.78 is 1.95. The van der Waals surface area contributed by atoms with Gasteiger partial charge in [0.25, 0.3) is 0 Å². The topological polar surface area (TPSA) is 92.7 Å². The first-order valence-electron chi connectivity index (χ1n) is 7.81. The van der Waals surface area contributed by atoms with Crippen LogP contribution in [-0.2, 0) is 17.8 Å². The Bertz CT molecular complexity index is 680. The minimum atomic E-state index is -0.348. The number of H-pyrrole nitrogens is 1. The number of aromatic nitrogens is 4. The van der Waals surface area contributed by atoms with Crippen LogP contribution in [0.2, 0.25) is 0 Å². The summed E-state index contributed by atoms with van der Waals surface area (Å²) in [7, 11) is 0. The maximum atomic E-state index is 12.2. The summed E-state index contributed by atoms with van der Waals surface area (Å²) in [5.74, 6) is 0.00182. The molecule has 0 spiro atoms. The number of nitrogens with zero attached hydrogens (tertiary/aromatic N) is 3. The molecular formula is C16H23N5O2. The Hall–Kier alpha value is -2.44. The lowest BCUT2D eigenvalue weighted by Gasteiger charge is -2.17. The van der Waals surface area contributed by atoms with Gasteiger partial charge in [-0.3, -0.25) is 4.79 Å². The average Bonchev–Trinajstić information content (AvgIpc) is 2.98. The Morgan fingerprint density at radius 3 is 2.83 bits per heavy atom. The van der Waals surface area contributed by atoms with E-state index in [0.29, 0.717) is 25.1 Å². The lowest BCUT2D eigenvalue weighted by molar-refractivity contribution is -0.121. The van der Waals surface area contributed by atoms with Gasteiger partial charge in [0, 0.05) is 42.8 Å². The van der Waals surface area contributed by atoms with Crippen LogP contribution in [0, 0.1) is 13.8 Å². The fraction of sp³-hybridized carbons (Fsp3) is 0.500. The molecule has 0 fully saturated rings. The standard InChI is InChI=1S/C16H23N5O2/c1-4-13(9-21-8-7-17-10-21)20-15(22)6-5-14-11(2)18-16(23)19-12(14)3/h7-8,10,13H,4-6,9H2,1-3H3,(H,20,22)(H,18,19,23)/t13-/m0/s1. The number of hydrogen-bond donors (Lipinski definition) is 2. The van der Waals surface area contributed by atoms with Gasteiger partial charge >= 0.3 is 5.69 Å². The van der Waals surface area contributed by atoms with Gasteiger partial charge in [-0.05, 0) is 32.3 Å². The van der Waals surface area contributed by atoms with Crippen LogP contribution in [0.3, 0.4) is 0 Å². The molecule has 2 heterocycles. The molecule has 124 valence electrons. The molecular weight excluding hydrogens is 294 g/mol. The van der Waals surface area contributed by atoms with Crippen molar-refractivity contribution in [3.05, 3.63) is 46.2 Å². The highest BCUT2D eigenvalue weighted by Gasteiger charge is 2.13. The van der Waals surface area contributed by atoms with Gasteiger partial charge < -0.3 is 14.9 Å². The quantitative estimate of drug-likeness (QED) is 0.800. The summed E-state index contributed by atoms with van der Waals surface area (Å²) >= 11 is 0. The van der Waals surface area contributed by atoms with Crippen LogP contribution in [-0.4, -0.2) is 31.5 Å². The van der Waals surface area contributed by atoms with Crippen molar-refractivity contribution in [2.45, 2.75) is 52.6 Å². The molecule has 7 nitrogen and oxygen atoms in total. The predicted octanol–water partition coefficient (Wildman–Crippen LogP) is 1.11. The van der Waals surface area contributed by atoms with Gasteiger partial charge in [-0.25, -0.2) is 9.78 Å². The predicted molar refractivity (Wildman–Crippen MR) is 87.1 cm³/mol. The second-order valence-corrected chi connectivity index (χ2v) is 5.66. The molecule has 2 aromatic rings. The van der Waals surface area contributed by atoms with Gasteiger partial charge in [-0.2, -0.15) is 4.98 Å². The zero-order valence-corrected chi connectivity index (χ0v) is 13.8. The lowest BCUT2D eigenvalue weighted by Crippen LogP contribution is -2.37. The highest BCUT2D eigenvalue weighted by molar-refractivity contribution is 5.76. The van der Waals surface area contributed by atoms with E-state index in [-0.39, 0.29) is 17.6 Å². The molecule has 0 aliphatic carbocycles. The molecule has 0 bridgehead atoms. The molecule has 1 amide bonds. The smallest absolute Gasteiger partial charge is 0.345 e. The first-order chi connectivity index (χ1) is 11.0. The summed E-state index contributed by atoms with van der Waals surface area (Å²) in [5, 5.41) is 3.05. The van der Waals surface area contributed by atoms with Crippen molar-refractivity contribution in [2.24, 2.45) is 0 Å². The summed E-state index contributed by atoms with van der Waals surface area (Å²) in [6.45, 7) is 6.38. The molecule has 0 aromatic carbocycles. The summed E-state index contributed by atoms with van der Waals surface area (Å²) in [5.41, 5.74) is 2.05. The first-order valence-corrected chi connectivity index (χ1v) is 7.81. The maximum Gasteiger partial charge on any atom is 0.345 e. The number of aryl methyl sites for hydroxylation is 2. The van der Waals surface area contributed by atoms with E-state index in [0.717, 1.165) is 17.7 Å². The molecule has 0 saturated carbocycles. The molecule has 2 aromatic heterocycles. The molecule has 0 radical (unpaired) electrons. The highest BCUT2D eigenvalue weighted by Crippen LogP contribution is 2.09. The van der Waals surface area contributed by atoms with Gasteiger partial charge in [0.15, 0.2) is 0 Å². The van der Waals surface area contributed by atoms with E-state index in [4.69, 9.17) is 0 Å². The fourth-order valence-corrected chi connectivity index (χ4v) is 2.59. The Morgan fingerprint density at radius 2 is 2.22 bits per heavy atom. The normalized spacial score (nSPS) is 12.1. The number of nitrogens with one attached hydrogen (secondary N) is 2. The van der Waals surface area contributed by atoms with Crippen LogP contribution >= 0.6 is 0 Å². The number of hydrogen-bond acceptors (Lipinski definition) is 4. The van der Waals surface area contributed by atoms with Gasteiger partial charge in [0.1, 0.15) is 0 Å². The lowest BCUT2D eigenvalue weighted by atomic mass is 10.1. The van der Waals surface area contributed by atoms with Crippen molar-refractivity contribution in [2.75, 3.05) is 0 Å². The summed E-state index contributed by atoms with van der Waals surface area (Å²) in [6, 6.07) is 0.0765. The molecule has 1 atom stereocenters. The van der Waals surface area contributed by atoms with Crippen molar-refractivity contribution in [1.29, 1.82) is 0 Å². The molecule has 2 N–H and O–H groups in total. The number of carbonyl (C=O) groups is 1. The van der Waals surface area contributed by atoms with Crippen LogP contribution < -0.4 is 11.0 Å². The third-order valence-corrected chi connectivity index (χ3v) is 3.90. The van der Waals surface area contributed by atoms with Crippen LogP contribution in [0.25, 0.3) is 0 Å². The van der Waals surface area contributed by atoms with Gasteiger partial charge in [-0.1, -0.05) is 6.92 Å². The second-order valence-electron chi connectivity index (χ2n) is 5.66. The van der Waals surface area contributed by atoms with E-state index >= 15 is 0 Å². The number of amides is 1. The minimum absolute atomic E-state index is 0.00182. The largest absolute Gasteiger partial charge is 0.352 e. The van der Waals surface area contributed by atoms with E-state index in [2.05, 4.69) is 20.3 Å². The second kappa shape index (κ2) is 7.71. The van der Waals surface area contributed by atoms with Gasteiger partial charge in [-0.15, -0.1) is 0 Å². The Kier molecular flexibility index (Phi) is 5.67. The molecule has 23 heavy (non-hydrogen) atoms. The zero-order valence-electron chi connectivity index (χ0n) is 13.8. The van der Waals surface area contributed by atoms with E-state index in [1.54, 1.807) is 19.4 Å². The van der Waals surface area contributed by atoms with E-state index in [1.807, 2.05) is 24.6 Å². The Balaban J connectivity index is 1.90.